The molecule has 3 rings (SSSR count). The molecule has 2 aromatic carbocycles. The van der Waals surface area contributed by atoms with Gasteiger partial charge in [0.05, 0.1) is 22.9 Å². The average molecular weight is 475 g/mol. The van der Waals surface area contributed by atoms with Gasteiger partial charge in [-0.25, -0.2) is 13.4 Å². The van der Waals surface area contributed by atoms with E-state index in [1.54, 1.807) is 75.8 Å². The first-order valence-corrected chi connectivity index (χ1v) is 14.1. The number of methoxy groups -OCH3 is 1. The second kappa shape index (κ2) is 8.92. The van der Waals surface area contributed by atoms with Gasteiger partial charge in [-0.05, 0) is 51.4 Å². The van der Waals surface area contributed by atoms with Crippen LogP contribution in [0.5, 0.6) is 5.75 Å². The summed E-state index contributed by atoms with van der Waals surface area (Å²) in [6.07, 6.45) is 1.54. The lowest BCUT2D eigenvalue weighted by molar-refractivity contribution is 0.416. The summed E-state index contributed by atoms with van der Waals surface area (Å²) in [5.41, 5.74) is 7.42. The summed E-state index contributed by atoms with van der Waals surface area (Å²) in [4.78, 5) is 8.58. The Morgan fingerprint density at radius 2 is 1.78 bits per heavy atom. The van der Waals surface area contributed by atoms with Gasteiger partial charge in [-0.15, -0.1) is 0 Å². The number of nitrogen functional groups attached to an aromatic ring is 1. The summed E-state index contributed by atoms with van der Waals surface area (Å²) in [5, 5.41) is 3.20. The molecule has 0 saturated carbocycles. The van der Waals surface area contributed by atoms with Crippen LogP contribution < -0.4 is 21.1 Å². The number of nitrogens with two attached hydrogens (primary N) is 1. The summed E-state index contributed by atoms with van der Waals surface area (Å²) >= 11 is 0. The van der Waals surface area contributed by atoms with Crippen LogP contribution in [-0.2, 0) is 14.4 Å². The third kappa shape index (κ3) is 4.79. The number of benzene rings is 2. The molecule has 0 aliphatic carbocycles. The van der Waals surface area contributed by atoms with E-state index in [-0.39, 0.29) is 10.8 Å². The highest BCUT2D eigenvalue weighted by molar-refractivity contribution is 7.92. The second-order valence-electron chi connectivity index (χ2n) is 7.94. The number of hydrogen-bond donors (Lipinski definition) is 2. The first kappa shape index (κ1) is 23.8. The third-order valence-corrected chi connectivity index (χ3v) is 8.70. The molecule has 0 fully saturated rings. The van der Waals surface area contributed by atoms with Crippen molar-refractivity contribution >= 4 is 39.7 Å². The van der Waals surface area contributed by atoms with Gasteiger partial charge >= 0.3 is 0 Å². The molecular formula is C22H27N4O4PS. The van der Waals surface area contributed by atoms with Crippen molar-refractivity contribution in [3.63, 3.8) is 0 Å². The van der Waals surface area contributed by atoms with E-state index in [9.17, 15) is 13.0 Å². The van der Waals surface area contributed by atoms with Crippen LogP contribution in [-0.4, -0.2) is 44.1 Å². The van der Waals surface area contributed by atoms with Crippen LogP contribution >= 0.6 is 7.14 Å². The maximum Gasteiger partial charge on any atom is 0.221 e. The van der Waals surface area contributed by atoms with Crippen molar-refractivity contribution in [1.29, 1.82) is 0 Å². The molecule has 3 N–H and O–H groups in total. The minimum atomic E-state index is -3.54. The summed E-state index contributed by atoms with van der Waals surface area (Å²) < 4.78 is 43.8. The highest BCUT2D eigenvalue weighted by atomic mass is 32.2. The van der Waals surface area contributed by atoms with Crippen molar-refractivity contribution < 1.29 is 17.7 Å². The van der Waals surface area contributed by atoms with Crippen LogP contribution in [0.2, 0.25) is 0 Å². The van der Waals surface area contributed by atoms with Crippen molar-refractivity contribution in [3.8, 4) is 16.9 Å². The zero-order chi connectivity index (χ0) is 23.7. The number of aromatic nitrogens is 2. The molecule has 0 aliphatic heterocycles. The Morgan fingerprint density at radius 1 is 1.09 bits per heavy atom. The number of hydrogen-bond acceptors (Lipinski definition) is 8. The van der Waals surface area contributed by atoms with Gasteiger partial charge < -0.3 is 20.4 Å². The van der Waals surface area contributed by atoms with E-state index in [0.29, 0.717) is 33.7 Å². The van der Waals surface area contributed by atoms with Gasteiger partial charge in [-0.1, -0.05) is 18.2 Å². The molecule has 0 unspecified atom stereocenters. The highest BCUT2D eigenvalue weighted by Gasteiger charge is 2.24. The molecule has 0 atom stereocenters. The number of rotatable bonds is 7. The lowest BCUT2D eigenvalue weighted by Crippen LogP contribution is -2.16. The van der Waals surface area contributed by atoms with E-state index in [1.807, 2.05) is 0 Å². The number of sulfone groups is 1. The van der Waals surface area contributed by atoms with Crippen molar-refractivity contribution in [1.82, 2.24) is 9.97 Å². The fourth-order valence-electron chi connectivity index (χ4n) is 3.12. The monoisotopic (exact) mass is 474 g/mol. The number of ether oxygens (including phenoxy) is 1. The normalized spacial score (nSPS) is 12.1. The first-order valence-electron chi connectivity index (χ1n) is 9.91. The smallest absolute Gasteiger partial charge is 0.221 e. The van der Waals surface area contributed by atoms with Crippen molar-refractivity contribution in [2.24, 2.45) is 0 Å². The predicted octanol–water partition coefficient (Wildman–Crippen LogP) is 3.91. The molecule has 32 heavy (non-hydrogen) atoms. The minimum absolute atomic E-state index is 0.0302. The Kier molecular flexibility index (Phi) is 6.62. The number of anilines is 3. The second-order valence-corrected chi connectivity index (χ2v) is 13.6. The molecular weight excluding hydrogens is 447 g/mol. The molecule has 1 aromatic heterocycles. The van der Waals surface area contributed by atoms with Crippen molar-refractivity contribution in [2.45, 2.75) is 24.0 Å². The van der Waals surface area contributed by atoms with Crippen molar-refractivity contribution in [3.05, 3.63) is 48.7 Å². The summed E-state index contributed by atoms with van der Waals surface area (Å²) in [7, 11) is -4.51. The summed E-state index contributed by atoms with van der Waals surface area (Å²) in [6.45, 7) is 6.64. The predicted molar refractivity (Wildman–Crippen MR) is 130 cm³/mol. The van der Waals surface area contributed by atoms with Gasteiger partial charge in [0.1, 0.15) is 18.7 Å². The van der Waals surface area contributed by atoms with E-state index in [1.165, 1.54) is 7.11 Å². The molecule has 0 radical (unpaired) electrons. The van der Waals surface area contributed by atoms with Gasteiger partial charge in [-0.2, -0.15) is 4.98 Å². The van der Waals surface area contributed by atoms with Gasteiger partial charge in [0.25, 0.3) is 0 Å². The maximum atomic E-state index is 12.9. The number of nitrogens with zero attached hydrogens (tertiary/aromatic N) is 2. The highest BCUT2D eigenvalue weighted by Crippen LogP contribution is 2.40. The van der Waals surface area contributed by atoms with Crippen LogP contribution in [0.4, 0.5) is 17.5 Å². The fraction of sp³-hybridized carbons (Fsp3) is 0.273. The lowest BCUT2D eigenvalue weighted by Gasteiger charge is -2.18. The maximum absolute atomic E-state index is 12.9. The summed E-state index contributed by atoms with van der Waals surface area (Å²) in [6, 6.07) is 11.9. The van der Waals surface area contributed by atoms with Crippen LogP contribution in [0.1, 0.15) is 13.8 Å². The Morgan fingerprint density at radius 3 is 2.41 bits per heavy atom. The van der Waals surface area contributed by atoms with Crippen LogP contribution in [0, 0.1) is 0 Å². The van der Waals surface area contributed by atoms with Crippen LogP contribution in [0.15, 0.2) is 53.6 Å². The van der Waals surface area contributed by atoms with E-state index in [0.717, 1.165) is 0 Å². The van der Waals surface area contributed by atoms with Gasteiger partial charge in [0.2, 0.25) is 5.95 Å². The van der Waals surface area contributed by atoms with E-state index in [4.69, 9.17) is 10.5 Å². The molecule has 170 valence electrons. The Labute approximate surface area is 188 Å². The molecule has 10 heteroatoms. The van der Waals surface area contributed by atoms with Gasteiger partial charge in [0, 0.05) is 22.6 Å². The molecule has 3 aromatic rings. The molecule has 8 nitrogen and oxygen atoms in total. The quantitative estimate of drug-likeness (QED) is 0.494. The van der Waals surface area contributed by atoms with Crippen LogP contribution in [0.3, 0.4) is 0 Å². The molecule has 0 saturated heterocycles. The van der Waals surface area contributed by atoms with E-state index >= 15 is 0 Å². The fourth-order valence-corrected chi connectivity index (χ4v) is 5.19. The zero-order valence-corrected chi connectivity index (χ0v) is 20.4. The summed E-state index contributed by atoms with van der Waals surface area (Å²) in [5.74, 6) is 0.847. The number of para-hydroxylation sites is 1. The standard InChI is InChI=1S/C22H27N4O4PS/c1-14(2)32(28,29)20-9-7-6-8-18(20)25-21-17(13-24-22(23)26-21)16-11-10-15(31(4,5)27)12-19(16)30-3/h6-14H,1-5H3,(H3,23,24,25,26). The van der Waals surface area contributed by atoms with Crippen LogP contribution in [0.25, 0.3) is 11.1 Å². The van der Waals surface area contributed by atoms with Crippen molar-refractivity contribution in [2.75, 3.05) is 31.5 Å². The molecule has 0 amide bonds. The molecule has 0 aliphatic rings. The molecule has 1 heterocycles. The zero-order valence-electron chi connectivity index (χ0n) is 18.7. The first-order chi connectivity index (χ1) is 14.9. The Balaban J connectivity index is 2.16. The van der Waals surface area contributed by atoms with Gasteiger partial charge in [0.15, 0.2) is 9.84 Å². The SMILES string of the molecule is COc1cc(P(C)(C)=O)ccc1-c1cnc(N)nc1Nc1ccccc1S(=O)(=O)C(C)C. The Bertz CT molecular complexity index is 1300. The molecule has 0 spiro atoms. The Hall–Kier alpha value is -2.90. The topological polar surface area (TPSA) is 124 Å². The van der Waals surface area contributed by atoms with E-state index in [2.05, 4.69) is 15.3 Å². The third-order valence-electron chi connectivity index (χ3n) is 4.97. The lowest BCUT2D eigenvalue weighted by atomic mass is 10.1. The van der Waals surface area contributed by atoms with E-state index < -0.39 is 22.2 Å². The number of nitrogens with one attached hydrogen (secondary N) is 1. The minimum Gasteiger partial charge on any atom is -0.496 e. The average Bonchev–Trinajstić information content (AvgIpc) is 2.73. The largest absolute Gasteiger partial charge is 0.496 e. The molecule has 0 bridgehead atoms. The van der Waals surface area contributed by atoms with Gasteiger partial charge in [-0.3, -0.25) is 0 Å².